The van der Waals surface area contributed by atoms with Crippen LogP contribution in [0.1, 0.15) is 47.8 Å². The minimum atomic E-state index is -0.532. The first-order valence-electron chi connectivity index (χ1n) is 11.8. The van der Waals surface area contributed by atoms with E-state index < -0.39 is 5.97 Å². The summed E-state index contributed by atoms with van der Waals surface area (Å²) in [4.78, 5) is 41.3. The van der Waals surface area contributed by atoms with Gasteiger partial charge in [-0.25, -0.2) is 9.68 Å². The third-order valence-electron chi connectivity index (χ3n) is 5.62. The highest BCUT2D eigenvalue weighted by Crippen LogP contribution is 2.17. The predicted octanol–water partition coefficient (Wildman–Crippen LogP) is 6.69. The summed E-state index contributed by atoms with van der Waals surface area (Å²) in [6.07, 6.45) is 6.33. The number of allylic oxidation sites excluding steroid dienone is 2. The monoisotopic (exact) mass is 504 g/mol. The van der Waals surface area contributed by atoms with Crippen molar-refractivity contribution in [3.63, 3.8) is 0 Å². The SMILES string of the molecule is O=C(/C=C/c1ccc(C(=O)Oc2ccc(C(=O)/C=C/c3ccc(COO)cc3)cc2)cc1)c1ccccc1. The van der Waals surface area contributed by atoms with Gasteiger partial charge < -0.3 is 4.74 Å². The van der Waals surface area contributed by atoms with Crippen molar-refractivity contribution in [1.29, 1.82) is 0 Å². The number of benzene rings is 4. The zero-order valence-electron chi connectivity index (χ0n) is 20.3. The van der Waals surface area contributed by atoms with Crippen LogP contribution in [-0.2, 0) is 11.5 Å². The van der Waals surface area contributed by atoms with E-state index in [9.17, 15) is 14.4 Å². The summed E-state index contributed by atoms with van der Waals surface area (Å²) in [5.41, 5.74) is 3.83. The van der Waals surface area contributed by atoms with Crippen LogP contribution in [-0.4, -0.2) is 22.8 Å². The number of esters is 1. The summed E-state index contributed by atoms with van der Waals surface area (Å²) in [5.74, 6) is -0.514. The Morgan fingerprint density at radius 3 is 1.66 bits per heavy atom. The molecule has 0 radical (unpaired) electrons. The van der Waals surface area contributed by atoms with Crippen LogP contribution in [0.25, 0.3) is 12.2 Å². The van der Waals surface area contributed by atoms with E-state index in [0.29, 0.717) is 22.4 Å². The third-order valence-corrected chi connectivity index (χ3v) is 5.62. The lowest BCUT2D eigenvalue weighted by Gasteiger charge is -2.05. The molecule has 0 amide bonds. The standard InChI is InChI=1S/C32H24O6/c33-30(26-4-2-1-3-5-26)20-13-24-10-14-28(15-11-24)32(35)38-29-18-16-27(17-19-29)31(34)21-12-23-6-8-25(9-7-23)22-37-36/h1-21,36H,22H2/b20-13+,21-12+. The van der Waals surface area contributed by atoms with Crippen molar-refractivity contribution >= 4 is 29.7 Å². The highest BCUT2D eigenvalue weighted by molar-refractivity contribution is 6.07. The average molecular weight is 505 g/mol. The van der Waals surface area contributed by atoms with Crippen molar-refractivity contribution in [3.8, 4) is 5.75 Å². The third kappa shape index (κ3) is 7.30. The summed E-state index contributed by atoms with van der Waals surface area (Å²) in [5, 5.41) is 8.49. The second-order valence-corrected chi connectivity index (χ2v) is 8.31. The van der Waals surface area contributed by atoms with Gasteiger partial charge >= 0.3 is 5.97 Å². The number of hydrogen-bond donors (Lipinski definition) is 1. The van der Waals surface area contributed by atoms with E-state index in [1.165, 1.54) is 12.2 Å². The molecule has 1 N–H and O–H groups in total. The van der Waals surface area contributed by atoms with Gasteiger partial charge in [-0.05, 0) is 65.2 Å². The van der Waals surface area contributed by atoms with E-state index in [1.54, 1.807) is 84.9 Å². The maximum absolute atomic E-state index is 12.5. The van der Waals surface area contributed by atoms with Gasteiger partial charge in [0.2, 0.25) is 0 Å². The lowest BCUT2D eigenvalue weighted by molar-refractivity contribution is -0.253. The zero-order valence-corrected chi connectivity index (χ0v) is 20.3. The Labute approximate surface area is 220 Å². The molecule has 6 heteroatoms. The van der Waals surface area contributed by atoms with Crippen molar-refractivity contribution in [2.45, 2.75) is 6.61 Å². The second kappa shape index (κ2) is 12.9. The molecule has 0 bridgehead atoms. The molecule has 188 valence electrons. The molecule has 0 aliphatic carbocycles. The van der Waals surface area contributed by atoms with Crippen LogP contribution in [0, 0.1) is 0 Å². The van der Waals surface area contributed by atoms with Crippen LogP contribution >= 0.6 is 0 Å². The largest absolute Gasteiger partial charge is 0.423 e. The van der Waals surface area contributed by atoms with Gasteiger partial charge in [-0.3, -0.25) is 14.8 Å². The molecule has 0 spiro atoms. The van der Waals surface area contributed by atoms with Crippen LogP contribution in [0.2, 0.25) is 0 Å². The number of carbonyl (C=O) groups excluding carboxylic acids is 3. The van der Waals surface area contributed by atoms with E-state index in [1.807, 2.05) is 30.3 Å². The number of ketones is 2. The summed E-state index contributed by atoms with van der Waals surface area (Å²) in [6, 6.07) is 29.2. The van der Waals surface area contributed by atoms with Crippen molar-refractivity contribution in [1.82, 2.24) is 0 Å². The van der Waals surface area contributed by atoms with E-state index in [4.69, 9.17) is 9.99 Å². The highest BCUT2D eigenvalue weighted by Gasteiger charge is 2.10. The fourth-order valence-electron chi connectivity index (χ4n) is 3.52. The Bertz CT molecular complexity index is 1450. The quantitative estimate of drug-likeness (QED) is 0.0646. The minimum absolute atomic E-state index is 0.0971. The van der Waals surface area contributed by atoms with Gasteiger partial charge in [0.25, 0.3) is 0 Å². The first-order chi connectivity index (χ1) is 18.5. The molecule has 0 heterocycles. The number of carbonyl (C=O) groups is 3. The summed E-state index contributed by atoms with van der Waals surface area (Å²) >= 11 is 0. The topological polar surface area (TPSA) is 89.9 Å². The Kier molecular flexibility index (Phi) is 8.86. The molecule has 4 aromatic rings. The van der Waals surface area contributed by atoms with Crippen LogP contribution in [0.3, 0.4) is 0 Å². The van der Waals surface area contributed by atoms with Crippen LogP contribution in [0.5, 0.6) is 5.75 Å². The molecule has 4 aromatic carbocycles. The highest BCUT2D eigenvalue weighted by atomic mass is 17.1. The van der Waals surface area contributed by atoms with Crippen LogP contribution < -0.4 is 4.74 Å². The molecular formula is C32H24O6. The predicted molar refractivity (Wildman–Crippen MR) is 145 cm³/mol. The molecule has 0 aliphatic heterocycles. The van der Waals surface area contributed by atoms with Crippen molar-refractivity contribution in [2.75, 3.05) is 0 Å². The van der Waals surface area contributed by atoms with Crippen molar-refractivity contribution in [3.05, 3.63) is 149 Å². The maximum atomic E-state index is 12.5. The number of rotatable bonds is 10. The Morgan fingerprint density at radius 1 is 0.605 bits per heavy atom. The second-order valence-electron chi connectivity index (χ2n) is 8.31. The molecule has 6 nitrogen and oxygen atoms in total. The van der Waals surface area contributed by atoms with Crippen LogP contribution in [0.4, 0.5) is 0 Å². The fraction of sp³-hybridized carbons (Fsp3) is 0.0312. The molecule has 0 fully saturated rings. The molecule has 0 saturated heterocycles. The van der Waals surface area contributed by atoms with Gasteiger partial charge in [-0.15, -0.1) is 0 Å². The van der Waals surface area contributed by atoms with E-state index >= 15 is 0 Å². The molecule has 0 atom stereocenters. The Morgan fingerprint density at radius 2 is 1.11 bits per heavy atom. The van der Waals surface area contributed by atoms with Gasteiger partial charge in [0, 0.05) is 11.1 Å². The molecule has 4 rings (SSSR count). The minimum Gasteiger partial charge on any atom is -0.423 e. The molecule has 0 saturated carbocycles. The van der Waals surface area contributed by atoms with Crippen molar-refractivity contribution in [2.24, 2.45) is 0 Å². The van der Waals surface area contributed by atoms with Gasteiger partial charge in [0.15, 0.2) is 11.6 Å². The number of hydrogen-bond acceptors (Lipinski definition) is 6. The van der Waals surface area contributed by atoms with E-state index in [0.717, 1.165) is 16.7 Å². The van der Waals surface area contributed by atoms with E-state index in [2.05, 4.69) is 4.89 Å². The first kappa shape index (κ1) is 26.2. The number of ether oxygens (including phenoxy) is 1. The molecule has 38 heavy (non-hydrogen) atoms. The normalized spacial score (nSPS) is 11.1. The Balaban J connectivity index is 1.31. The first-order valence-corrected chi connectivity index (χ1v) is 11.8. The van der Waals surface area contributed by atoms with Gasteiger partial charge in [0.1, 0.15) is 12.4 Å². The van der Waals surface area contributed by atoms with Gasteiger partial charge in [-0.1, -0.05) is 78.9 Å². The zero-order chi connectivity index (χ0) is 26.7. The molecule has 0 aromatic heterocycles. The molecule has 0 aliphatic rings. The van der Waals surface area contributed by atoms with Crippen molar-refractivity contribution < 1.29 is 29.3 Å². The molecular weight excluding hydrogens is 480 g/mol. The van der Waals surface area contributed by atoms with Gasteiger partial charge in [0.05, 0.1) is 5.56 Å². The van der Waals surface area contributed by atoms with Gasteiger partial charge in [-0.2, -0.15) is 0 Å². The Hall–Kier alpha value is -4.91. The fourth-order valence-corrected chi connectivity index (χ4v) is 3.52. The lowest BCUT2D eigenvalue weighted by Crippen LogP contribution is -2.08. The lowest BCUT2D eigenvalue weighted by atomic mass is 10.1. The summed E-state index contributed by atoms with van der Waals surface area (Å²) in [7, 11) is 0. The molecule has 0 unspecified atom stereocenters. The summed E-state index contributed by atoms with van der Waals surface area (Å²) < 4.78 is 5.42. The summed E-state index contributed by atoms with van der Waals surface area (Å²) in [6.45, 7) is 0.0971. The average Bonchev–Trinajstić information content (AvgIpc) is 2.96. The van der Waals surface area contributed by atoms with E-state index in [-0.39, 0.29) is 18.2 Å². The maximum Gasteiger partial charge on any atom is 0.343 e. The van der Waals surface area contributed by atoms with Crippen LogP contribution in [0.15, 0.2) is 115 Å². The smallest absolute Gasteiger partial charge is 0.343 e.